The van der Waals surface area contributed by atoms with Crippen LogP contribution in [0, 0.1) is 5.21 Å². The maximum atomic E-state index is 11.1. The average molecular weight is 282 g/mol. The van der Waals surface area contributed by atoms with Crippen LogP contribution in [0.15, 0.2) is 6.07 Å². The number of hydrogen-bond acceptors (Lipinski definition) is 6. The van der Waals surface area contributed by atoms with Crippen LogP contribution < -0.4 is 19.4 Å². The van der Waals surface area contributed by atoms with Gasteiger partial charge in [-0.15, -0.1) is 0 Å². The second kappa shape index (κ2) is 5.10. The number of likely N-dealkylation sites (N-methyl/N-ethyl adjacent to an activating group) is 1. The Morgan fingerprint density at radius 3 is 3.05 bits per heavy atom. The first-order valence-electron chi connectivity index (χ1n) is 6.53. The van der Waals surface area contributed by atoms with Gasteiger partial charge in [0.1, 0.15) is 6.54 Å². The molecule has 0 bridgehead atoms. The van der Waals surface area contributed by atoms with Gasteiger partial charge in [0.15, 0.2) is 11.5 Å². The maximum absolute atomic E-state index is 11.1. The number of methoxy groups -OCH3 is 1. The normalized spacial score (nSPS) is 22.5. The molecular formula is C13H18N2O5. The number of fused-ring (bicyclic) bond motifs is 2. The van der Waals surface area contributed by atoms with Crippen molar-refractivity contribution < 1.29 is 24.6 Å². The molecule has 110 valence electrons. The Labute approximate surface area is 116 Å². The van der Waals surface area contributed by atoms with E-state index in [1.54, 1.807) is 7.11 Å². The first kappa shape index (κ1) is 13.4. The van der Waals surface area contributed by atoms with Crippen molar-refractivity contribution in [1.29, 1.82) is 0 Å². The van der Waals surface area contributed by atoms with Crippen molar-refractivity contribution in [1.82, 2.24) is 4.90 Å². The van der Waals surface area contributed by atoms with E-state index in [1.165, 1.54) is 0 Å². The third-order valence-corrected chi connectivity index (χ3v) is 3.91. The zero-order valence-corrected chi connectivity index (χ0v) is 11.5. The Morgan fingerprint density at radius 1 is 1.55 bits per heavy atom. The first-order valence-corrected chi connectivity index (χ1v) is 6.53. The number of benzene rings is 1. The Hall–Kier alpha value is -1.54. The molecule has 2 aliphatic heterocycles. The van der Waals surface area contributed by atoms with E-state index in [-0.39, 0.29) is 19.4 Å². The Balaban J connectivity index is 2.12. The van der Waals surface area contributed by atoms with Crippen molar-refractivity contribution in [2.24, 2.45) is 0 Å². The molecule has 0 aromatic heterocycles. The molecule has 1 unspecified atom stereocenters. The van der Waals surface area contributed by atoms with E-state index in [9.17, 15) is 5.21 Å². The van der Waals surface area contributed by atoms with Crippen LogP contribution in [0.4, 0.5) is 0 Å². The van der Waals surface area contributed by atoms with E-state index < -0.39 is 5.23 Å². The molecule has 7 nitrogen and oxygen atoms in total. The predicted molar refractivity (Wildman–Crippen MR) is 69.2 cm³/mol. The van der Waals surface area contributed by atoms with Crippen LogP contribution in [0.5, 0.6) is 17.2 Å². The van der Waals surface area contributed by atoms with Crippen LogP contribution in [0.25, 0.3) is 0 Å². The molecule has 20 heavy (non-hydrogen) atoms. The standard InChI is InChI=1S/C13H18N2O5/c1-14-4-3-8-5-10-12(20-7-19-10)13(18-2)11(8)9(14)6-15(16)17/h5,9,15-16H,3-4,6-7H2,1-2H3/t9-/m1/s1. The molecule has 1 aromatic rings. The molecule has 2 N–H and O–H groups in total. The van der Waals surface area contributed by atoms with Gasteiger partial charge in [0.25, 0.3) is 0 Å². The van der Waals surface area contributed by atoms with E-state index >= 15 is 0 Å². The molecular weight excluding hydrogens is 264 g/mol. The lowest BCUT2D eigenvalue weighted by Gasteiger charge is -2.36. The van der Waals surface area contributed by atoms with Crippen molar-refractivity contribution in [3.8, 4) is 17.2 Å². The summed E-state index contributed by atoms with van der Waals surface area (Å²) in [5.41, 5.74) is 1.99. The minimum absolute atomic E-state index is 0.0412. The summed E-state index contributed by atoms with van der Waals surface area (Å²) in [5.74, 6) is 1.86. The van der Waals surface area contributed by atoms with E-state index in [0.29, 0.717) is 17.2 Å². The fourth-order valence-electron chi connectivity index (χ4n) is 2.95. The van der Waals surface area contributed by atoms with Crippen LogP contribution in [-0.4, -0.2) is 44.1 Å². The SMILES string of the molecule is COc1c2c(cc3c1[C@@H](C[NH+]([O-])O)N(C)CC3)OCO2. The van der Waals surface area contributed by atoms with Gasteiger partial charge in [0, 0.05) is 12.1 Å². The van der Waals surface area contributed by atoms with Crippen molar-refractivity contribution in [2.45, 2.75) is 12.5 Å². The summed E-state index contributed by atoms with van der Waals surface area (Å²) in [5, 5.41) is 19.5. The van der Waals surface area contributed by atoms with E-state index in [1.807, 2.05) is 18.0 Å². The summed E-state index contributed by atoms with van der Waals surface area (Å²) >= 11 is 0. The van der Waals surface area contributed by atoms with Crippen LogP contribution in [0.3, 0.4) is 0 Å². The lowest BCUT2D eigenvalue weighted by Crippen LogP contribution is -3.05. The largest absolute Gasteiger partial charge is 0.600 e. The first-order chi connectivity index (χ1) is 9.61. The Morgan fingerprint density at radius 2 is 2.35 bits per heavy atom. The highest BCUT2D eigenvalue weighted by Crippen LogP contribution is 2.48. The average Bonchev–Trinajstić information content (AvgIpc) is 2.87. The molecule has 2 atom stereocenters. The van der Waals surface area contributed by atoms with Crippen LogP contribution in [0.2, 0.25) is 0 Å². The van der Waals surface area contributed by atoms with Crippen molar-refractivity contribution in [3.05, 3.63) is 22.4 Å². The number of rotatable bonds is 3. The molecule has 2 aliphatic rings. The van der Waals surface area contributed by atoms with Gasteiger partial charge in [0.05, 0.1) is 13.2 Å². The molecule has 1 aromatic carbocycles. The Kier molecular flexibility index (Phi) is 3.43. The highest BCUT2D eigenvalue weighted by atomic mass is 16.8. The summed E-state index contributed by atoms with van der Waals surface area (Å²) < 4.78 is 16.4. The summed E-state index contributed by atoms with van der Waals surface area (Å²) in [6.45, 7) is 1.03. The van der Waals surface area contributed by atoms with Gasteiger partial charge in [-0.25, -0.2) is 10.4 Å². The van der Waals surface area contributed by atoms with E-state index in [4.69, 9.17) is 19.4 Å². The van der Waals surface area contributed by atoms with Crippen LogP contribution in [0.1, 0.15) is 17.2 Å². The second-order valence-electron chi connectivity index (χ2n) is 5.06. The fourth-order valence-corrected chi connectivity index (χ4v) is 2.95. The summed E-state index contributed by atoms with van der Waals surface area (Å²) in [4.78, 5) is 2.04. The zero-order valence-electron chi connectivity index (χ0n) is 11.5. The zero-order chi connectivity index (χ0) is 14.3. The molecule has 0 aliphatic carbocycles. The molecule has 0 spiro atoms. The number of nitrogens with zero attached hydrogens (tertiary/aromatic N) is 1. The molecule has 0 amide bonds. The van der Waals surface area contributed by atoms with Crippen LogP contribution >= 0.6 is 0 Å². The number of quaternary nitrogens is 1. The fraction of sp³-hybridized carbons (Fsp3) is 0.538. The van der Waals surface area contributed by atoms with Gasteiger partial charge in [-0.2, -0.15) is 0 Å². The molecule has 0 saturated heterocycles. The Bertz CT molecular complexity index is 520. The number of ether oxygens (including phenoxy) is 3. The summed E-state index contributed by atoms with van der Waals surface area (Å²) in [6.07, 6.45) is 0.842. The molecule has 7 heteroatoms. The second-order valence-corrected chi connectivity index (χ2v) is 5.06. The highest BCUT2D eigenvalue weighted by molar-refractivity contribution is 5.61. The van der Waals surface area contributed by atoms with Crippen molar-refractivity contribution in [3.63, 3.8) is 0 Å². The smallest absolute Gasteiger partial charge is 0.231 e. The van der Waals surface area contributed by atoms with Gasteiger partial charge < -0.3 is 19.4 Å². The minimum atomic E-state index is -0.825. The van der Waals surface area contributed by atoms with Crippen molar-refractivity contribution in [2.75, 3.05) is 34.0 Å². The van der Waals surface area contributed by atoms with Crippen molar-refractivity contribution >= 4 is 0 Å². The quantitative estimate of drug-likeness (QED) is 0.743. The van der Waals surface area contributed by atoms with E-state index in [2.05, 4.69) is 0 Å². The minimum Gasteiger partial charge on any atom is -0.600 e. The molecule has 0 radical (unpaired) electrons. The summed E-state index contributed by atoms with van der Waals surface area (Å²) in [7, 11) is 3.50. The maximum Gasteiger partial charge on any atom is 0.231 e. The van der Waals surface area contributed by atoms with Gasteiger partial charge >= 0.3 is 0 Å². The van der Waals surface area contributed by atoms with Gasteiger partial charge in [-0.1, -0.05) is 0 Å². The molecule has 0 fully saturated rings. The number of hydrogen-bond donors (Lipinski definition) is 2. The molecule has 2 heterocycles. The molecule has 3 rings (SSSR count). The third kappa shape index (κ3) is 2.08. The van der Waals surface area contributed by atoms with E-state index in [0.717, 1.165) is 24.1 Å². The highest BCUT2D eigenvalue weighted by Gasteiger charge is 2.35. The van der Waals surface area contributed by atoms with Gasteiger partial charge in [-0.3, -0.25) is 4.90 Å². The lowest BCUT2D eigenvalue weighted by molar-refractivity contribution is -1.05. The monoisotopic (exact) mass is 282 g/mol. The predicted octanol–water partition coefficient (Wildman–Crippen LogP) is -0.275. The molecule has 0 saturated carbocycles. The van der Waals surface area contributed by atoms with Gasteiger partial charge in [0.2, 0.25) is 12.5 Å². The van der Waals surface area contributed by atoms with Gasteiger partial charge in [-0.05, 0) is 25.1 Å². The lowest BCUT2D eigenvalue weighted by atomic mass is 9.91. The third-order valence-electron chi connectivity index (χ3n) is 3.91. The number of nitrogens with one attached hydrogen (secondary N) is 1. The van der Waals surface area contributed by atoms with Crippen LogP contribution in [-0.2, 0) is 6.42 Å². The topological polar surface area (TPSA) is 78.7 Å². The summed E-state index contributed by atoms with van der Waals surface area (Å²) in [6, 6.07) is 1.74. The number of hydroxylamine groups is 2.